The van der Waals surface area contributed by atoms with Crippen molar-refractivity contribution in [3.63, 3.8) is 0 Å². The third-order valence-electron chi connectivity index (χ3n) is 3.54. The second kappa shape index (κ2) is 5.01. The molecule has 7 heteroatoms. The predicted octanol–water partition coefficient (Wildman–Crippen LogP) is 1.19. The molecule has 1 saturated heterocycles. The smallest absolute Gasteiger partial charge is 0.308 e. The summed E-state index contributed by atoms with van der Waals surface area (Å²) in [5.41, 5.74) is 0. The van der Waals surface area contributed by atoms with E-state index in [1.165, 1.54) is 0 Å². The minimum atomic E-state index is -0.857. The summed E-state index contributed by atoms with van der Waals surface area (Å²) in [7, 11) is 0. The molecular weight excluding hydrogens is 236 g/mol. The number of tetrazole rings is 1. The summed E-state index contributed by atoms with van der Waals surface area (Å²) in [4.78, 5) is 11.0. The van der Waals surface area contributed by atoms with Crippen molar-refractivity contribution in [2.45, 2.75) is 51.9 Å². The van der Waals surface area contributed by atoms with Crippen LogP contribution in [0.25, 0.3) is 0 Å². The first kappa shape index (κ1) is 12.9. The summed E-state index contributed by atoms with van der Waals surface area (Å²) < 4.78 is 7.30. The number of hydrogen-bond donors (Lipinski definition) is 1. The Morgan fingerprint density at radius 2 is 2.22 bits per heavy atom. The van der Waals surface area contributed by atoms with Gasteiger partial charge in [0.15, 0.2) is 5.82 Å². The van der Waals surface area contributed by atoms with Crippen molar-refractivity contribution < 1.29 is 14.6 Å². The number of rotatable bonds is 4. The largest absolute Gasteiger partial charge is 0.481 e. The molecule has 1 aromatic rings. The van der Waals surface area contributed by atoms with Gasteiger partial charge in [0.25, 0.3) is 0 Å². The Bertz CT molecular complexity index is 434. The Hall–Kier alpha value is -1.50. The second-order valence-electron chi connectivity index (χ2n) is 4.86. The van der Waals surface area contributed by atoms with E-state index in [2.05, 4.69) is 15.5 Å². The second-order valence-corrected chi connectivity index (χ2v) is 4.86. The van der Waals surface area contributed by atoms with Crippen molar-refractivity contribution in [3.8, 4) is 0 Å². The number of carboxylic acid groups (broad SMARTS) is 1. The average Bonchev–Trinajstić information content (AvgIpc) is 2.94. The molecule has 0 radical (unpaired) electrons. The molecule has 2 rings (SSSR count). The minimum absolute atomic E-state index is 0.126. The van der Waals surface area contributed by atoms with E-state index in [1.807, 2.05) is 6.92 Å². The van der Waals surface area contributed by atoms with Crippen molar-refractivity contribution in [2.75, 3.05) is 0 Å². The van der Waals surface area contributed by atoms with Crippen molar-refractivity contribution in [2.24, 2.45) is 5.92 Å². The average molecular weight is 254 g/mol. The Morgan fingerprint density at radius 3 is 2.78 bits per heavy atom. The lowest BCUT2D eigenvalue weighted by Gasteiger charge is -2.19. The Morgan fingerprint density at radius 1 is 1.50 bits per heavy atom. The van der Waals surface area contributed by atoms with Crippen LogP contribution in [-0.2, 0) is 9.53 Å². The van der Waals surface area contributed by atoms with Crippen LogP contribution in [0.3, 0.4) is 0 Å². The summed E-state index contributed by atoms with van der Waals surface area (Å²) in [6.45, 7) is 5.46. The van der Waals surface area contributed by atoms with Crippen LogP contribution in [0.4, 0.5) is 0 Å². The van der Waals surface area contributed by atoms with Crippen molar-refractivity contribution >= 4 is 5.97 Å². The SMILES string of the molecule is CC1CCC(c2nnnn2C(C)C(C)C(=O)O)O1. The van der Waals surface area contributed by atoms with Gasteiger partial charge in [0.2, 0.25) is 0 Å². The maximum atomic E-state index is 11.0. The van der Waals surface area contributed by atoms with Crippen LogP contribution in [0.1, 0.15) is 51.6 Å². The summed E-state index contributed by atoms with van der Waals surface area (Å²) >= 11 is 0. The van der Waals surface area contributed by atoms with Crippen LogP contribution in [-0.4, -0.2) is 37.4 Å². The highest BCUT2D eigenvalue weighted by molar-refractivity contribution is 5.70. The lowest BCUT2D eigenvalue weighted by atomic mass is 10.0. The van der Waals surface area contributed by atoms with Crippen LogP contribution in [0, 0.1) is 5.92 Å². The maximum absolute atomic E-state index is 11.0. The number of aromatic nitrogens is 4. The molecule has 4 unspecified atom stereocenters. The van der Waals surface area contributed by atoms with E-state index >= 15 is 0 Å². The van der Waals surface area contributed by atoms with Gasteiger partial charge >= 0.3 is 5.97 Å². The fourth-order valence-electron chi connectivity index (χ4n) is 2.11. The lowest BCUT2D eigenvalue weighted by molar-refractivity contribution is -0.142. The Balaban J connectivity index is 2.19. The first-order valence-corrected chi connectivity index (χ1v) is 6.16. The molecule has 18 heavy (non-hydrogen) atoms. The Kier molecular flexibility index (Phi) is 3.60. The molecule has 4 atom stereocenters. The summed E-state index contributed by atoms with van der Waals surface area (Å²) in [6.07, 6.45) is 1.92. The third kappa shape index (κ3) is 2.35. The normalized spacial score (nSPS) is 27.1. The van der Waals surface area contributed by atoms with Gasteiger partial charge in [-0.15, -0.1) is 5.10 Å². The number of carboxylic acids is 1. The van der Waals surface area contributed by atoms with Gasteiger partial charge in [-0.05, 0) is 44.0 Å². The molecule has 100 valence electrons. The van der Waals surface area contributed by atoms with Gasteiger partial charge in [-0.3, -0.25) is 4.79 Å². The highest BCUT2D eigenvalue weighted by Gasteiger charge is 2.31. The zero-order chi connectivity index (χ0) is 13.3. The molecule has 1 aliphatic rings. The van der Waals surface area contributed by atoms with E-state index in [0.29, 0.717) is 5.82 Å². The van der Waals surface area contributed by atoms with Crippen LogP contribution < -0.4 is 0 Å². The predicted molar refractivity (Wildman–Crippen MR) is 61.8 cm³/mol. The van der Waals surface area contributed by atoms with Crippen LogP contribution >= 0.6 is 0 Å². The van der Waals surface area contributed by atoms with Crippen molar-refractivity contribution in [3.05, 3.63) is 5.82 Å². The number of hydrogen-bond acceptors (Lipinski definition) is 5. The van der Waals surface area contributed by atoms with Crippen LogP contribution in [0.2, 0.25) is 0 Å². The number of carbonyl (C=O) groups is 1. The van der Waals surface area contributed by atoms with Gasteiger partial charge in [-0.2, -0.15) is 0 Å². The molecule has 1 N–H and O–H groups in total. The summed E-state index contributed by atoms with van der Waals surface area (Å²) in [5, 5.41) is 20.6. The molecular formula is C11H18N4O3. The van der Waals surface area contributed by atoms with Gasteiger partial charge in [-0.1, -0.05) is 0 Å². The van der Waals surface area contributed by atoms with E-state index < -0.39 is 11.9 Å². The molecule has 0 spiro atoms. The topological polar surface area (TPSA) is 90.1 Å². The van der Waals surface area contributed by atoms with Gasteiger partial charge < -0.3 is 9.84 Å². The zero-order valence-electron chi connectivity index (χ0n) is 10.8. The zero-order valence-corrected chi connectivity index (χ0v) is 10.8. The third-order valence-corrected chi connectivity index (χ3v) is 3.54. The number of ether oxygens (including phenoxy) is 1. The monoisotopic (exact) mass is 254 g/mol. The standard InChI is InChI=1S/C11H18N4O3/c1-6-4-5-9(18-6)10-12-13-14-15(10)8(3)7(2)11(16)17/h6-9H,4-5H2,1-3H3,(H,16,17). The summed E-state index contributed by atoms with van der Waals surface area (Å²) in [6, 6.07) is -0.299. The van der Waals surface area contributed by atoms with E-state index in [9.17, 15) is 4.79 Å². The molecule has 0 aliphatic carbocycles. The number of nitrogens with zero attached hydrogens (tertiary/aromatic N) is 4. The molecule has 0 amide bonds. The maximum Gasteiger partial charge on any atom is 0.308 e. The molecule has 7 nitrogen and oxygen atoms in total. The minimum Gasteiger partial charge on any atom is -0.481 e. The van der Waals surface area contributed by atoms with Crippen LogP contribution in [0.5, 0.6) is 0 Å². The van der Waals surface area contributed by atoms with E-state index in [-0.39, 0.29) is 18.2 Å². The van der Waals surface area contributed by atoms with E-state index in [1.54, 1.807) is 18.5 Å². The fraction of sp³-hybridized carbons (Fsp3) is 0.818. The van der Waals surface area contributed by atoms with E-state index in [0.717, 1.165) is 12.8 Å². The number of aliphatic carboxylic acids is 1. The van der Waals surface area contributed by atoms with Crippen molar-refractivity contribution in [1.29, 1.82) is 0 Å². The molecule has 2 heterocycles. The van der Waals surface area contributed by atoms with Crippen molar-refractivity contribution in [1.82, 2.24) is 20.2 Å². The molecule has 1 aliphatic heterocycles. The molecule has 1 aromatic heterocycles. The highest BCUT2D eigenvalue weighted by Crippen LogP contribution is 2.32. The molecule has 1 fully saturated rings. The van der Waals surface area contributed by atoms with Crippen LogP contribution in [0.15, 0.2) is 0 Å². The quantitative estimate of drug-likeness (QED) is 0.868. The molecule has 0 aromatic carbocycles. The Labute approximate surface area is 105 Å². The summed E-state index contributed by atoms with van der Waals surface area (Å²) in [5.74, 6) is -0.782. The first-order chi connectivity index (χ1) is 8.50. The van der Waals surface area contributed by atoms with Gasteiger partial charge in [0, 0.05) is 0 Å². The lowest BCUT2D eigenvalue weighted by Crippen LogP contribution is -2.25. The van der Waals surface area contributed by atoms with Gasteiger partial charge in [0.05, 0.1) is 18.1 Å². The van der Waals surface area contributed by atoms with Gasteiger partial charge in [-0.25, -0.2) is 4.68 Å². The molecule has 0 bridgehead atoms. The highest BCUT2D eigenvalue weighted by atomic mass is 16.5. The van der Waals surface area contributed by atoms with E-state index in [4.69, 9.17) is 9.84 Å². The molecule has 0 saturated carbocycles. The van der Waals surface area contributed by atoms with Gasteiger partial charge in [0.1, 0.15) is 6.10 Å². The first-order valence-electron chi connectivity index (χ1n) is 6.16. The fourth-order valence-corrected chi connectivity index (χ4v) is 2.11.